The number of carbonyl (C=O) groups excluding carboxylic acids is 3. The van der Waals surface area contributed by atoms with Crippen molar-refractivity contribution in [2.45, 2.75) is 39.0 Å². The van der Waals surface area contributed by atoms with Gasteiger partial charge in [0.15, 0.2) is 0 Å². The van der Waals surface area contributed by atoms with Gasteiger partial charge in [-0.25, -0.2) is 14.4 Å². The van der Waals surface area contributed by atoms with Gasteiger partial charge in [0.2, 0.25) is 5.91 Å². The van der Waals surface area contributed by atoms with E-state index >= 15 is 0 Å². The third-order valence-corrected chi connectivity index (χ3v) is 3.09. The molecule has 1 atom stereocenters. The van der Waals surface area contributed by atoms with Crippen LogP contribution in [0.3, 0.4) is 0 Å². The number of ether oxygens (including phenoxy) is 2. The molecule has 0 aliphatic heterocycles. The standard InChI is InChI=1S/C18H25N3O7/c1-18(2,3)28-17(26)19-9-13(15(23)24)21-14(22)10-20-16(25)27-11-12-7-5-4-6-8-12/h4-8,13H,9-11H2,1-3H3,(H,19,26)(H,20,25)(H,21,22)(H,23,24). The van der Waals surface area contributed by atoms with Crippen molar-refractivity contribution < 1.29 is 33.8 Å². The van der Waals surface area contributed by atoms with Gasteiger partial charge in [-0.1, -0.05) is 30.3 Å². The van der Waals surface area contributed by atoms with Gasteiger partial charge in [0.1, 0.15) is 24.8 Å². The number of benzene rings is 1. The average molecular weight is 395 g/mol. The van der Waals surface area contributed by atoms with E-state index in [2.05, 4.69) is 16.0 Å². The molecule has 10 heteroatoms. The van der Waals surface area contributed by atoms with Crippen molar-refractivity contribution in [3.8, 4) is 0 Å². The maximum atomic E-state index is 11.8. The van der Waals surface area contributed by atoms with Crippen molar-refractivity contribution in [1.29, 1.82) is 0 Å². The Morgan fingerprint density at radius 2 is 1.68 bits per heavy atom. The molecule has 0 heterocycles. The number of hydrogen-bond donors (Lipinski definition) is 4. The van der Waals surface area contributed by atoms with E-state index in [0.717, 1.165) is 5.56 Å². The lowest BCUT2D eigenvalue weighted by atomic mass is 10.2. The van der Waals surface area contributed by atoms with E-state index in [1.165, 1.54) is 0 Å². The van der Waals surface area contributed by atoms with Crippen LogP contribution in [0.25, 0.3) is 0 Å². The van der Waals surface area contributed by atoms with E-state index in [4.69, 9.17) is 14.6 Å². The van der Waals surface area contributed by atoms with Crippen LogP contribution in [0.15, 0.2) is 30.3 Å². The van der Waals surface area contributed by atoms with Crippen LogP contribution >= 0.6 is 0 Å². The summed E-state index contributed by atoms with van der Waals surface area (Å²) in [5.41, 5.74) is 0.0389. The Labute approximate surface area is 162 Å². The smallest absolute Gasteiger partial charge is 0.407 e. The van der Waals surface area contributed by atoms with Crippen molar-refractivity contribution in [3.05, 3.63) is 35.9 Å². The van der Waals surface area contributed by atoms with E-state index < -0.39 is 42.3 Å². The molecule has 4 N–H and O–H groups in total. The normalized spacial score (nSPS) is 11.7. The first-order valence-corrected chi connectivity index (χ1v) is 8.50. The van der Waals surface area contributed by atoms with Crippen LogP contribution in [0.1, 0.15) is 26.3 Å². The molecule has 0 saturated carbocycles. The van der Waals surface area contributed by atoms with Crippen molar-refractivity contribution in [1.82, 2.24) is 16.0 Å². The van der Waals surface area contributed by atoms with E-state index in [1.54, 1.807) is 45.0 Å². The zero-order valence-electron chi connectivity index (χ0n) is 16.0. The Hall–Kier alpha value is -3.30. The number of rotatable bonds is 8. The van der Waals surface area contributed by atoms with Crippen molar-refractivity contribution in [2.24, 2.45) is 0 Å². The summed E-state index contributed by atoms with van der Waals surface area (Å²) in [5, 5.41) is 15.8. The summed E-state index contributed by atoms with van der Waals surface area (Å²) in [4.78, 5) is 46.2. The van der Waals surface area contributed by atoms with Crippen LogP contribution in [0.5, 0.6) is 0 Å². The quantitative estimate of drug-likeness (QED) is 0.514. The monoisotopic (exact) mass is 395 g/mol. The van der Waals surface area contributed by atoms with Crippen LogP contribution < -0.4 is 16.0 Å². The Bertz CT molecular complexity index is 686. The van der Waals surface area contributed by atoms with Gasteiger partial charge in [-0.05, 0) is 26.3 Å². The minimum absolute atomic E-state index is 0.0336. The fraction of sp³-hybridized carbons (Fsp3) is 0.444. The Morgan fingerprint density at radius 1 is 1.04 bits per heavy atom. The summed E-state index contributed by atoms with van der Waals surface area (Å²) in [6.45, 7) is 4.15. The van der Waals surface area contributed by atoms with Crippen molar-refractivity contribution in [2.75, 3.05) is 13.1 Å². The Morgan fingerprint density at radius 3 is 2.25 bits per heavy atom. The maximum Gasteiger partial charge on any atom is 0.407 e. The fourth-order valence-corrected chi connectivity index (χ4v) is 1.87. The molecule has 0 aliphatic carbocycles. The van der Waals surface area contributed by atoms with E-state index in [-0.39, 0.29) is 13.2 Å². The maximum absolute atomic E-state index is 11.8. The number of amides is 3. The fourth-order valence-electron chi connectivity index (χ4n) is 1.87. The molecule has 0 bridgehead atoms. The molecular weight excluding hydrogens is 370 g/mol. The topological polar surface area (TPSA) is 143 Å². The number of alkyl carbamates (subject to hydrolysis) is 2. The van der Waals surface area contributed by atoms with Crippen molar-refractivity contribution in [3.63, 3.8) is 0 Å². The molecule has 0 saturated heterocycles. The van der Waals surface area contributed by atoms with E-state index in [1.807, 2.05) is 6.07 Å². The zero-order chi connectivity index (χ0) is 21.2. The predicted octanol–water partition coefficient (Wildman–Crippen LogP) is 1.01. The SMILES string of the molecule is CC(C)(C)OC(=O)NCC(NC(=O)CNC(=O)OCc1ccccc1)C(=O)O. The number of carboxylic acids is 1. The Kier molecular flexibility index (Phi) is 8.73. The van der Waals surface area contributed by atoms with Crippen LogP contribution in [0, 0.1) is 0 Å². The second kappa shape index (κ2) is 10.8. The molecule has 0 spiro atoms. The third kappa shape index (κ3) is 10.00. The number of aliphatic carboxylic acids is 1. The first kappa shape index (κ1) is 22.7. The zero-order valence-corrected chi connectivity index (χ0v) is 16.0. The molecule has 0 aliphatic rings. The van der Waals surface area contributed by atoms with E-state index in [0.29, 0.717) is 0 Å². The van der Waals surface area contributed by atoms with Gasteiger partial charge in [0.05, 0.1) is 6.54 Å². The van der Waals surface area contributed by atoms with Crippen LogP contribution in [0.4, 0.5) is 9.59 Å². The number of hydrogen-bond acceptors (Lipinski definition) is 6. The average Bonchev–Trinajstić information content (AvgIpc) is 2.60. The van der Waals surface area contributed by atoms with Gasteiger partial charge in [0.25, 0.3) is 0 Å². The Balaban J connectivity index is 2.35. The van der Waals surface area contributed by atoms with Crippen LogP contribution in [0.2, 0.25) is 0 Å². The number of nitrogens with one attached hydrogen (secondary N) is 3. The highest BCUT2D eigenvalue weighted by molar-refractivity contribution is 5.87. The number of carboxylic acid groups (broad SMARTS) is 1. The lowest BCUT2D eigenvalue weighted by molar-refractivity contribution is -0.141. The highest BCUT2D eigenvalue weighted by Gasteiger charge is 2.23. The molecular formula is C18H25N3O7. The van der Waals surface area contributed by atoms with E-state index in [9.17, 15) is 19.2 Å². The summed E-state index contributed by atoms with van der Waals surface area (Å²) in [6, 6.07) is 7.57. The summed E-state index contributed by atoms with van der Waals surface area (Å²) in [6.07, 6.45) is -1.63. The highest BCUT2D eigenvalue weighted by Crippen LogP contribution is 2.06. The van der Waals surface area contributed by atoms with Gasteiger partial charge in [-0.15, -0.1) is 0 Å². The summed E-state index contributed by atoms with van der Waals surface area (Å²) in [5.74, 6) is -2.11. The third-order valence-electron chi connectivity index (χ3n) is 3.09. The molecule has 0 radical (unpaired) electrons. The molecule has 1 unspecified atom stereocenters. The lowest BCUT2D eigenvalue weighted by Crippen LogP contribution is -2.51. The molecule has 154 valence electrons. The van der Waals surface area contributed by atoms with Gasteiger partial charge >= 0.3 is 18.2 Å². The molecule has 0 aromatic heterocycles. The second-order valence-electron chi connectivity index (χ2n) is 6.76. The molecule has 10 nitrogen and oxygen atoms in total. The summed E-state index contributed by atoms with van der Waals surface area (Å²) >= 11 is 0. The molecule has 1 aromatic carbocycles. The lowest BCUT2D eigenvalue weighted by Gasteiger charge is -2.21. The predicted molar refractivity (Wildman–Crippen MR) is 98.4 cm³/mol. The number of carbonyl (C=O) groups is 4. The highest BCUT2D eigenvalue weighted by atomic mass is 16.6. The molecule has 1 rings (SSSR count). The van der Waals surface area contributed by atoms with Crippen LogP contribution in [-0.4, -0.2) is 53.9 Å². The van der Waals surface area contributed by atoms with Gasteiger partial charge in [-0.2, -0.15) is 0 Å². The van der Waals surface area contributed by atoms with Crippen LogP contribution in [-0.2, 0) is 25.7 Å². The second-order valence-corrected chi connectivity index (χ2v) is 6.76. The molecule has 1 aromatic rings. The molecule has 28 heavy (non-hydrogen) atoms. The minimum atomic E-state index is -1.39. The first-order chi connectivity index (χ1) is 13.1. The summed E-state index contributed by atoms with van der Waals surface area (Å²) < 4.78 is 9.92. The van der Waals surface area contributed by atoms with Gasteiger partial charge in [-0.3, -0.25) is 4.79 Å². The summed E-state index contributed by atoms with van der Waals surface area (Å²) in [7, 11) is 0. The largest absolute Gasteiger partial charge is 0.480 e. The first-order valence-electron chi connectivity index (χ1n) is 8.50. The molecule has 3 amide bonds. The van der Waals surface area contributed by atoms with Gasteiger partial charge in [0, 0.05) is 0 Å². The minimum Gasteiger partial charge on any atom is -0.480 e. The molecule has 0 fully saturated rings. The van der Waals surface area contributed by atoms with Crippen molar-refractivity contribution >= 4 is 24.1 Å². The van der Waals surface area contributed by atoms with Gasteiger partial charge < -0.3 is 30.5 Å².